The molecule has 2 heterocycles. The molecular weight excluding hydrogens is 548 g/mol. The van der Waals surface area contributed by atoms with Crippen molar-refractivity contribution in [2.24, 2.45) is 7.05 Å². The Morgan fingerprint density at radius 1 is 1.02 bits per heavy atom. The number of nitrogens with one attached hydrogen (secondary N) is 1. The van der Waals surface area contributed by atoms with Gasteiger partial charge in [0.15, 0.2) is 11.5 Å². The average Bonchev–Trinajstić information content (AvgIpc) is 3.34. The van der Waals surface area contributed by atoms with Crippen LogP contribution in [-0.2, 0) is 16.6 Å². The van der Waals surface area contributed by atoms with Crippen molar-refractivity contribution in [2.45, 2.75) is 32.6 Å². The third-order valence-electron chi connectivity index (χ3n) is 6.68. The Balaban J connectivity index is 1.27. The molecule has 9 nitrogen and oxygen atoms in total. The lowest BCUT2D eigenvalue weighted by Gasteiger charge is -2.14. The van der Waals surface area contributed by atoms with Crippen molar-refractivity contribution in [1.82, 2.24) is 14.3 Å². The molecule has 1 saturated heterocycles. The van der Waals surface area contributed by atoms with E-state index in [-0.39, 0.29) is 29.5 Å². The number of para-hydroxylation sites is 1. The lowest BCUT2D eigenvalue weighted by molar-refractivity contribution is -0.122. The summed E-state index contributed by atoms with van der Waals surface area (Å²) in [5.41, 5.74) is 2.24. The van der Waals surface area contributed by atoms with Crippen molar-refractivity contribution in [3.8, 4) is 17.2 Å². The molecule has 1 N–H and O–H groups in total. The number of carbonyl (C=O) groups is 2. The molecule has 1 aliphatic heterocycles. The fraction of sp³-hybridized carbons (Fsp3) is 0.310. The first-order chi connectivity index (χ1) is 19.2. The maximum atomic E-state index is 13.0. The highest BCUT2D eigenvalue weighted by Gasteiger charge is 2.31. The number of carbonyl (C=O) groups excluding carboxylic acids is 2. The molecule has 0 bridgehead atoms. The Labute approximate surface area is 242 Å². The zero-order chi connectivity index (χ0) is 28.8. The topological polar surface area (TPSA) is 94.8 Å². The summed E-state index contributed by atoms with van der Waals surface area (Å²) in [4.78, 5) is 40.7. The third kappa shape index (κ3) is 6.31. The molecule has 1 aliphatic rings. The van der Waals surface area contributed by atoms with Gasteiger partial charge in [-0.05, 0) is 55.7 Å². The molecule has 1 aromatic heterocycles. The Bertz CT molecular complexity index is 1510. The lowest BCUT2D eigenvalue weighted by atomic mass is 10.1. The van der Waals surface area contributed by atoms with Crippen molar-refractivity contribution in [3.63, 3.8) is 0 Å². The van der Waals surface area contributed by atoms with Crippen LogP contribution < -0.4 is 20.3 Å². The number of amides is 2. The van der Waals surface area contributed by atoms with Crippen LogP contribution in [0.15, 0.2) is 58.2 Å². The Hall–Kier alpha value is -3.83. The summed E-state index contributed by atoms with van der Waals surface area (Å²) in [5.74, 6) is 0.857. The first-order valence-electron chi connectivity index (χ1n) is 12.9. The molecule has 0 atom stereocenters. The molecule has 1 fully saturated rings. The van der Waals surface area contributed by atoms with Crippen LogP contribution in [-0.4, -0.2) is 51.2 Å². The number of anilines is 1. The number of hydrogen-bond donors (Lipinski definition) is 1. The summed E-state index contributed by atoms with van der Waals surface area (Å²) in [7, 11) is 4.92. The van der Waals surface area contributed by atoms with Crippen LogP contribution in [0.2, 0.25) is 0 Å². The Kier molecular flexibility index (Phi) is 9.49. The monoisotopic (exact) mass is 580 g/mol. The Morgan fingerprint density at radius 2 is 1.75 bits per heavy atom. The fourth-order valence-electron chi connectivity index (χ4n) is 4.43. The van der Waals surface area contributed by atoms with Crippen LogP contribution in [0.25, 0.3) is 11.8 Å². The molecule has 40 heavy (non-hydrogen) atoms. The van der Waals surface area contributed by atoms with E-state index in [1.165, 1.54) is 16.4 Å². The van der Waals surface area contributed by atoms with Gasteiger partial charge in [-0.25, -0.2) is 4.68 Å². The number of thiocarbonyl (C=S) groups is 1. The molecule has 0 aliphatic carbocycles. The minimum absolute atomic E-state index is 0.128. The molecule has 0 unspecified atom stereocenters. The second-order valence-electron chi connectivity index (χ2n) is 9.24. The van der Waals surface area contributed by atoms with E-state index in [4.69, 9.17) is 21.7 Å². The summed E-state index contributed by atoms with van der Waals surface area (Å²) < 4.78 is 14.4. The maximum absolute atomic E-state index is 13.0. The first kappa shape index (κ1) is 29.2. The zero-order valence-corrected chi connectivity index (χ0v) is 24.6. The van der Waals surface area contributed by atoms with Gasteiger partial charge in [0.25, 0.3) is 11.5 Å². The van der Waals surface area contributed by atoms with Crippen molar-refractivity contribution in [2.75, 3.05) is 26.1 Å². The average molecular weight is 581 g/mol. The van der Waals surface area contributed by atoms with Gasteiger partial charge in [0.1, 0.15) is 10.0 Å². The van der Waals surface area contributed by atoms with Crippen molar-refractivity contribution in [3.05, 3.63) is 75.0 Å². The molecule has 210 valence electrons. The smallest absolute Gasteiger partial charge is 0.295 e. The number of thioether (sulfide) groups is 1. The highest BCUT2D eigenvalue weighted by atomic mass is 32.2. The first-order valence-corrected chi connectivity index (χ1v) is 14.1. The van der Waals surface area contributed by atoms with Gasteiger partial charge in [0, 0.05) is 20.0 Å². The largest absolute Gasteiger partial charge is 0.493 e. The van der Waals surface area contributed by atoms with Gasteiger partial charge < -0.3 is 14.8 Å². The second kappa shape index (κ2) is 13.0. The van der Waals surface area contributed by atoms with Crippen LogP contribution >= 0.6 is 24.0 Å². The molecule has 11 heteroatoms. The van der Waals surface area contributed by atoms with Crippen molar-refractivity contribution < 1.29 is 19.1 Å². The number of unbranched alkanes of at least 4 members (excludes halogenated alkanes) is 2. The van der Waals surface area contributed by atoms with Crippen LogP contribution in [0.3, 0.4) is 0 Å². The number of rotatable bonds is 11. The molecule has 4 rings (SSSR count). The fourth-order valence-corrected chi connectivity index (χ4v) is 5.74. The van der Waals surface area contributed by atoms with E-state index in [1.54, 1.807) is 49.9 Å². The van der Waals surface area contributed by atoms with Crippen LogP contribution in [0.5, 0.6) is 11.5 Å². The quantitative estimate of drug-likeness (QED) is 0.196. The van der Waals surface area contributed by atoms with E-state index in [0.717, 1.165) is 17.7 Å². The number of hydrogen-bond acceptors (Lipinski definition) is 7. The van der Waals surface area contributed by atoms with Gasteiger partial charge >= 0.3 is 0 Å². The van der Waals surface area contributed by atoms with Gasteiger partial charge in [0.05, 0.1) is 30.5 Å². The van der Waals surface area contributed by atoms with Crippen LogP contribution in [0.4, 0.5) is 5.69 Å². The van der Waals surface area contributed by atoms with Gasteiger partial charge in [-0.2, -0.15) is 0 Å². The molecule has 0 spiro atoms. The van der Waals surface area contributed by atoms with Crippen LogP contribution in [0, 0.1) is 6.92 Å². The van der Waals surface area contributed by atoms with E-state index >= 15 is 0 Å². The minimum Gasteiger partial charge on any atom is -0.493 e. The zero-order valence-electron chi connectivity index (χ0n) is 22.9. The van der Waals surface area contributed by atoms with Gasteiger partial charge in [-0.15, -0.1) is 0 Å². The second-order valence-corrected chi connectivity index (χ2v) is 10.9. The SMILES string of the molecule is COc1ccc(/C=C2\SC(=S)N(CCCCCC(=O)Nc3c(C)n(C)n(-c4ccccc4)c3=O)C2=O)cc1OC. The number of aromatic nitrogens is 2. The molecular formula is C29H32N4O5S2. The Morgan fingerprint density at radius 3 is 2.45 bits per heavy atom. The van der Waals surface area contributed by atoms with Crippen molar-refractivity contribution in [1.29, 1.82) is 0 Å². The molecule has 2 aromatic carbocycles. The molecule has 0 saturated carbocycles. The normalized spacial score (nSPS) is 14.2. The molecule has 3 aromatic rings. The van der Waals surface area contributed by atoms with Gasteiger partial charge in [-0.1, -0.05) is 54.7 Å². The lowest BCUT2D eigenvalue weighted by Crippen LogP contribution is -2.29. The van der Waals surface area contributed by atoms with E-state index in [2.05, 4.69) is 5.32 Å². The highest BCUT2D eigenvalue weighted by molar-refractivity contribution is 8.26. The van der Waals surface area contributed by atoms with E-state index in [0.29, 0.717) is 45.8 Å². The summed E-state index contributed by atoms with van der Waals surface area (Å²) in [6.45, 7) is 2.29. The van der Waals surface area contributed by atoms with Crippen molar-refractivity contribution >= 4 is 51.9 Å². The number of ether oxygens (including phenoxy) is 2. The molecule has 2 amide bonds. The highest BCUT2D eigenvalue weighted by Crippen LogP contribution is 2.34. The summed E-state index contributed by atoms with van der Waals surface area (Å²) in [5, 5.41) is 2.79. The summed E-state index contributed by atoms with van der Waals surface area (Å²) >= 11 is 6.72. The van der Waals surface area contributed by atoms with E-state index in [1.807, 2.05) is 42.5 Å². The third-order valence-corrected chi connectivity index (χ3v) is 8.06. The summed E-state index contributed by atoms with van der Waals surface area (Å²) in [6.07, 6.45) is 4.14. The van der Waals surface area contributed by atoms with E-state index in [9.17, 15) is 14.4 Å². The predicted octanol–water partition coefficient (Wildman–Crippen LogP) is 4.90. The minimum atomic E-state index is -0.268. The maximum Gasteiger partial charge on any atom is 0.295 e. The van der Waals surface area contributed by atoms with Crippen LogP contribution in [0.1, 0.15) is 36.9 Å². The number of nitrogens with zero attached hydrogens (tertiary/aromatic N) is 3. The molecule has 0 radical (unpaired) electrons. The van der Waals surface area contributed by atoms with Gasteiger partial charge in [-0.3, -0.25) is 24.0 Å². The number of methoxy groups -OCH3 is 2. The number of benzene rings is 2. The van der Waals surface area contributed by atoms with E-state index < -0.39 is 0 Å². The standard InChI is InChI=1S/C29H32N4O5S2/c1-19-26(28(36)33(31(19)2)21-11-7-5-8-12-21)30-25(34)13-9-6-10-16-32-27(35)24(40-29(32)39)18-20-14-15-22(37-3)23(17-20)38-4/h5,7-8,11-12,14-15,17-18H,6,9-10,13,16H2,1-4H3,(H,30,34)/b24-18-. The summed E-state index contributed by atoms with van der Waals surface area (Å²) in [6, 6.07) is 14.7. The predicted molar refractivity (Wildman–Crippen MR) is 162 cm³/mol. The van der Waals surface area contributed by atoms with Gasteiger partial charge in [0.2, 0.25) is 5.91 Å².